The van der Waals surface area contributed by atoms with E-state index in [2.05, 4.69) is 5.32 Å². The Morgan fingerprint density at radius 3 is 2.53 bits per heavy atom. The van der Waals surface area contributed by atoms with E-state index in [1.807, 2.05) is 6.07 Å². The fourth-order valence-electron chi connectivity index (χ4n) is 4.40. The van der Waals surface area contributed by atoms with Gasteiger partial charge in [-0.2, -0.15) is 4.31 Å². The number of rotatable bonds is 5. The number of hydrogen-bond donors (Lipinski definition) is 1. The summed E-state index contributed by atoms with van der Waals surface area (Å²) < 4.78 is 27.6. The van der Waals surface area contributed by atoms with Crippen LogP contribution in [0.15, 0.2) is 47.4 Å². The van der Waals surface area contributed by atoms with Crippen molar-refractivity contribution in [3.05, 3.63) is 58.6 Å². The minimum atomic E-state index is -3.59. The maximum atomic E-state index is 13.1. The fourth-order valence-corrected chi connectivity index (χ4v) is 6.18. The van der Waals surface area contributed by atoms with Crippen LogP contribution in [0.5, 0.6) is 0 Å². The monoisotopic (exact) mass is 475 g/mol. The third-order valence-corrected chi connectivity index (χ3v) is 8.12. The molecule has 2 heterocycles. The molecule has 1 N–H and O–H groups in total. The van der Waals surface area contributed by atoms with Crippen LogP contribution in [-0.2, 0) is 32.6 Å². The lowest BCUT2D eigenvalue weighted by Crippen LogP contribution is -2.47. The second-order valence-corrected chi connectivity index (χ2v) is 10.6. The van der Waals surface area contributed by atoms with Gasteiger partial charge in [-0.15, -0.1) is 0 Å². The number of hydrogen-bond acceptors (Lipinski definition) is 4. The maximum Gasteiger partial charge on any atom is 0.243 e. The predicted molar refractivity (Wildman–Crippen MR) is 123 cm³/mol. The van der Waals surface area contributed by atoms with Crippen LogP contribution in [0.3, 0.4) is 0 Å². The standard InChI is InChI=1S/C23H26ClN3O4S/c1-16(28)27-21-9-8-20(32(30,31)26-10-3-2-4-11-26)13-18(21)14-22(27)23(29)25-15-17-6-5-7-19(24)12-17/h5-9,12-13,22H,2-4,10-11,14-15H2,1H3,(H,25,29)/t22-/m1/s1. The van der Waals surface area contributed by atoms with E-state index in [0.29, 0.717) is 29.4 Å². The Bertz CT molecular complexity index is 1150. The number of carbonyl (C=O) groups excluding carboxylic acids is 2. The second-order valence-electron chi connectivity index (χ2n) is 8.21. The maximum absolute atomic E-state index is 13.1. The molecule has 2 aliphatic heterocycles. The van der Waals surface area contributed by atoms with Crippen molar-refractivity contribution >= 4 is 39.1 Å². The number of fused-ring (bicyclic) bond motifs is 1. The lowest BCUT2D eigenvalue weighted by atomic mass is 10.1. The van der Waals surface area contributed by atoms with Gasteiger partial charge in [0, 0.05) is 43.7 Å². The smallest absolute Gasteiger partial charge is 0.243 e. The number of piperidine rings is 1. The molecule has 2 aromatic carbocycles. The van der Waals surface area contributed by atoms with Crippen molar-refractivity contribution in [1.82, 2.24) is 9.62 Å². The van der Waals surface area contributed by atoms with Gasteiger partial charge in [-0.3, -0.25) is 14.5 Å². The quantitative estimate of drug-likeness (QED) is 0.719. The number of carbonyl (C=O) groups is 2. The molecule has 2 aliphatic rings. The summed E-state index contributed by atoms with van der Waals surface area (Å²) in [5.74, 6) is -0.560. The average molecular weight is 476 g/mol. The molecule has 2 aromatic rings. The molecule has 7 nitrogen and oxygen atoms in total. The van der Waals surface area contributed by atoms with Crippen molar-refractivity contribution in [2.45, 2.75) is 50.1 Å². The number of amides is 2. The molecule has 0 spiro atoms. The molecule has 32 heavy (non-hydrogen) atoms. The first-order valence-corrected chi connectivity index (χ1v) is 12.5. The zero-order valence-electron chi connectivity index (χ0n) is 17.9. The summed E-state index contributed by atoms with van der Waals surface area (Å²) in [5.41, 5.74) is 2.12. The number of sulfonamides is 1. The van der Waals surface area contributed by atoms with Gasteiger partial charge in [-0.05, 0) is 54.3 Å². The molecule has 0 saturated carbocycles. The van der Waals surface area contributed by atoms with Crippen LogP contribution < -0.4 is 10.2 Å². The van der Waals surface area contributed by atoms with Crippen molar-refractivity contribution in [2.75, 3.05) is 18.0 Å². The average Bonchev–Trinajstić information content (AvgIpc) is 3.17. The van der Waals surface area contributed by atoms with Gasteiger partial charge < -0.3 is 5.32 Å². The molecule has 1 saturated heterocycles. The van der Waals surface area contributed by atoms with E-state index in [1.54, 1.807) is 30.3 Å². The van der Waals surface area contributed by atoms with E-state index < -0.39 is 16.1 Å². The van der Waals surface area contributed by atoms with Gasteiger partial charge in [0.15, 0.2) is 0 Å². The minimum Gasteiger partial charge on any atom is -0.350 e. The Balaban J connectivity index is 1.55. The van der Waals surface area contributed by atoms with Gasteiger partial charge in [-0.1, -0.05) is 30.2 Å². The zero-order valence-corrected chi connectivity index (χ0v) is 19.5. The summed E-state index contributed by atoms with van der Waals surface area (Å²) in [6, 6.07) is 11.2. The van der Waals surface area contributed by atoms with Gasteiger partial charge in [0.2, 0.25) is 21.8 Å². The fraction of sp³-hybridized carbons (Fsp3) is 0.391. The number of nitrogens with one attached hydrogen (secondary N) is 1. The normalized spacial score (nSPS) is 18.9. The van der Waals surface area contributed by atoms with Crippen LogP contribution in [0.25, 0.3) is 0 Å². The van der Waals surface area contributed by atoms with E-state index in [0.717, 1.165) is 24.8 Å². The van der Waals surface area contributed by atoms with Gasteiger partial charge in [0.1, 0.15) is 6.04 Å². The highest BCUT2D eigenvalue weighted by Crippen LogP contribution is 2.35. The largest absolute Gasteiger partial charge is 0.350 e. The first kappa shape index (κ1) is 22.8. The molecule has 0 bridgehead atoms. The topological polar surface area (TPSA) is 86.8 Å². The summed E-state index contributed by atoms with van der Waals surface area (Å²) in [4.78, 5) is 27.0. The Kier molecular flexibility index (Phi) is 6.55. The first-order valence-electron chi connectivity index (χ1n) is 10.7. The Labute approximate surface area is 193 Å². The van der Waals surface area contributed by atoms with Crippen LogP contribution in [-0.4, -0.2) is 43.7 Å². The molecule has 0 aromatic heterocycles. The molecule has 4 rings (SSSR count). The van der Waals surface area contributed by atoms with Gasteiger partial charge in [0.05, 0.1) is 4.90 Å². The summed E-state index contributed by atoms with van der Waals surface area (Å²) in [5, 5.41) is 3.45. The molecule has 1 atom stereocenters. The second kappa shape index (κ2) is 9.21. The molecule has 1 fully saturated rings. The highest BCUT2D eigenvalue weighted by atomic mass is 35.5. The molecular formula is C23H26ClN3O4S. The predicted octanol–water partition coefficient (Wildman–Crippen LogP) is 3.11. The van der Waals surface area contributed by atoms with E-state index in [1.165, 1.54) is 22.2 Å². The van der Waals surface area contributed by atoms with E-state index in [-0.39, 0.29) is 29.7 Å². The van der Waals surface area contributed by atoms with Crippen molar-refractivity contribution < 1.29 is 18.0 Å². The van der Waals surface area contributed by atoms with Crippen LogP contribution in [0.2, 0.25) is 5.02 Å². The van der Waals surface area contributed by atoms with Gasteiger partial charge >= 0.3 is 0 Å². The summed E-state index contributed by atoms with van der Waals surface area (Å²) >= 11 is 6.00. The Morgan fingerprint density at radius 2 is 1.84 bits per heavy atom. The lowest BCUT2D eigenvalue weighted by Gasteiger charge is -2.26. The number of nitrogens with zero attached hydrogens (tertiary/aromatic N) is 2. The summed E-state index contributed by atoms with van der Waals surface area (Å²) in [7, 11) is -3.59. The van der Waals surface area contributed by atoms with Crippen LogP contribution in [0.1, 0.15) is 37.3 Å². The summed E-state index contributed by atoms with van der Waals surface area (Å²) in [6.07, 6.45) is 3.02. The number of anilines is 1. The highest BCUT2D eigenvalue weighted by Gasteiger charge is 2.38. The molecule has 0 radical (unpaired) electrons. The lowest BCUT2D eigenvalue weighted by molar-refractivity contribution is -0.125. The SMILES string of the molecule is CC(=O)N1c2ccc(S(=O)(=O)N3CCCCC3)cc2C[C@@H]1C(=O)NCc1cccc(Cl)c1. The summed E-state index contributed by atoms with van der Waals surface area (Å²) in [6.45, 7) is 2.73. The van der Waals surface area contributed by atoms with Crippen LogP contribution >= 0.6 is 11.6 Å². The van der Waals surface area contributed by atoms with E-state index in [9.17, 15) is 18.0 Å². The van der Waals surface area contributed by atoms with Gasteiger partial charge in [-0.25, -0.2) is 8.42 Å². The Hall–Kier alpha value is -2.42. The van der Waals surface area contributed by atoms with Crippen molar-refractivity contribution in [1.29, 1.82) is 0 Å². The zero-order chi connectivity index (χ0) is 22.9. The number of benzene rings is 2. The van der Waals surface area contributed by atoms with Crippen LogP contribution in [0.4, 0.5) is 5.69 Å². The molecule has 0 unspecified atom stereocenters. The third kappa shape index (κ3) is 4.53. The van der Waals surface area contributed by atoms with E-state index in [4.69, 9.17) is 11.6 Å². The van der Waals surface area contributed by atoms with Gasteiger partial charge in [0.25, 0.3) is 0 Å². The first-order chi connectivity index (χ1) is 15.3. The minimum absolute atomic E-state index is 0.210. The van der Waals surface area contributed by atoms with Crippen molar-refractivity contribution in [3.8, 4) is 0 Å². The Morgan fingerprint density at radius 1 is 1.09 bits per heavy atom. The van der Waals surface area contributed by atoms with E-state index >= 15 is 0 Å². The molecule has 2 amide bonds. The molecule has 170 valence electrons. The molecule has 9 heteroatoms. The van der Waals surface area contributed by atoms with Crippen LogP contribution in [0, 0.1) is 0 Å². The third-order valence-electron chi connectivity index (χ3n) is 5.99. The highest BCUT2D eigenvalue weighted by molar-refractivity contribution is 7.89. The van der Waals surface area contributed by atoms with Crippen molar-refractivity contribution in [3.63, 3.8) is 0 Å². The molecular weight excluding hydrogens is 450 g/mol. The van der Waals surface area contributed by atoms with Crippen molar-refractivity contribution in [2.24, 2.45) is 0 Å². The molecule has 0 aliphatic carbocycles. The number of halogens is 1.